The molecule has 192 valence electrons. The molecule has 0 bridgehead atoms. The van der Waals surface area contributed by atoms with Crippen molar-refractivity contribution in [3.8, 4) is 17.1 Å². The van der Waals surface area contributed by atoms with E-state index in [0.717, 1.165) is 30.5 Å². The Morgan fingerprint density at radius 3 is 2.25 bits per heavy atom. The third kappa shape index (κ3) is 7.37. The van der Waals surface area contributed by atoms with Crippen molar-refractivity contribution in [1.82, 2.24) is 9.55 Å². The Kier molecular flexibility index (Phi) is 10.4. The van der Waals surface area contributed by atoms with Crippen LogP contribution in [0.5, 0.6) is 0 Å². The minimum atomic E-state index is -1.19. The number of imidazole rings is 1. The Labute approximate surface area is 212 Å². The molecule has 0 amide bonds. The van der Waals surface area contributed by atoms with Crippen LogP contribution in [0.2, 0.25) is 0 Å². The number of rotatable bonds is 14. The van der Waals surface area contributed by atoms with Crippen LogP contribution in [0.25, 0.3) is 23.2 Å². The summed E-state index contributed by atoms with van der Waals surface area (Å²) in [6.07, 6.45) is 3.94. The van der Waals surface area contributed by atoms with Gasteiger partial charge in [0.1, 0.15) is 5.82 Å². The number of carboxylic acid groups (broad SMARTS) is 1. The predicted molar refractivity (Wildman–Crippen MR) is 141 cm³/mol. The van der Waals surface area contributed by atoms with Crippen molar-refractivity contribution in [2.75, 3.05) is 0 Å². The molecule has 0 aliphatic carbocycles. The highest BCUT2D eigenvalue weighted by Crippen LogP contribution is 2.32. The number of hydrogen-bond donors (Lipinski definition) is 4. The molecule has 1 aromatic heterocycles. The summed E-state index contributed by atoms with van der Waals surface area (Å²) >= 11 is 0. The van der Waals surface area contributed by atoms with Crippen LogP contribution < -0.4 is 0 Å². The Morgan fingerprint density at radius 2 is 1.61 bits per heavy atom. The van der Waals surface area contributed by atoms with E-state index in [1.807, 2.05) is 65.2 Å². The first-order chi connectivity index (χ1) is 17.4. The number of aliphatic hydroxyl groups is 3. The van der Waals surface area contributed by atoms with Gasteiger partial charge >= 0.3 is 5.97 Å². The molecule has 0 fully saturated rings. The summed E-state index contributed by atoms with van der Waals surface area (Å²) in [6.45, 7) is 2.11. The third-order valence-corrected chi connectivity index (χ3v) is 6.12. The standard InChI is InChI=1S/C29H36N2O5/c1-2-3-6-16-26(34)28-23(19-20-25(33)24(32)17-11-18-27(35)36)31(22-14-9-5-10-15-22)29(30-28)21-12-7-4-8-13-21/h4-5,7-10,12-15,19-20,24-26,32-34H,2-3,6,11,16-18H2,1H3,(H,35,36)/b20-19+. The van der Waals surface area contributed by atoms with Gasteiger partial charge in [0.25, 0.3) is 0 Å². The predicted octanol–water partition coefficient (Wildman–Crippen LogP) is 5.14. The van der Waals surface area contributed by atoms with Crippen molar-refractivity contribution in [1.29, 1.82) is 0 Å². The van der Waals surface area contributed by atoms with Crippen molar-refractivity contribution in [3.63, 3.8) is 0 Å². The van der Waals surface area contributed by atoms with Crippen LogP contribution in [0.3, 0.4) is 0 Å². The first kappa shape index (κ1) is 27.3. The largest absolute Gasteiger partial charge is 0.481 e. The van der Waals surface area contributed by atoms with Crippen LogP contribution in [0.4, 0.5) is 0 Å². The molecule has 3 atom stereocenters. The summed E-state index contributed by atoms with van der Waals surface area (Å²) in [5.41, 5.74) is 2.88. The van der Waals surface area contributed by atoms with E-state index in [4.69, 9.17) is 10.1 Å². The van der Waals surface area contributed by atoms with Gasteiger partial charge in [0.15, 0.2) is 0 Å². The van der Waals surface area contributed by atoms with Gasteiger partial charge in [-0.3, -0.25) is 9.36 Å². The number of carboxylic acids is 1. The highest BCUT2D eigenvalue weighted by molar-refractivity contribution is 5.67. The summed E-state index contributed by atoms with van der Waals surface area (Å²) in [4.78, 5) is 15.6. The molecule has 3 unspecified atom stereocenters. The van der Waals surface area contributed by atoms with Crippen LogP contribution in [0, 0.1) is 0 Å². The molecule has 4 N–H and O–H groups in total. The minimum Gasteiger partial charge on any atom is -0.481 e. The normalized spacial score (nSPS) is 14.1. The van der Waals surface area contributed by atoms with Crippen molar-refractivity contribution in [3.05, 3.63) is 78.1 Å². The Hall–Kier alpha value is -3.26. The molecule has 7 nitrogen and oxygen atoms in total. The number of benzene rings is 2. The van der Waals surface area contributed by atoms with Gasteiger partial charge < -0.3 is 20.4 Å². The first-order valence-electron chi connectivity index (χ1n) is 12.6. The monoisotopic (exact) mass is 492 g/mol. The van der Waals surface area contributed by atoms with Crippen molar-refractivity contribution >= 4 is 12.0 Å². The van der Waals surface area contributed by atoms with Crippen molar-refractivity contribution in [2.24, 2.45) is 0 Å². The highest BCUT2D eigenvalue weighted by Gasteiger charge is 2.23. The fraction of sp³-hybridized carbons (Fsp3) is 0.379. The van der Waals surface area contributed by atoms with E-state index in [0.29, 0.717) is 23.6 Å². The summed E-state index contributed by atoms with van der Waals surface area (Å²) in [5.74, 6) is -0.267. The highest BCUT2D eigenvalue weighted by atomic mass is 16.4. The quantitative estimate of drug-likeness (QED) is 0.232. The van der Waals surface area contributed by atoms with Gasteiger partial charge in [-0.15, -0.1) is 0 Å². The fourth-order valence-electron chi connectivity index (χ4n) is 4.15. The second-order valence-corrected chi connectivity index (χ2v) is 8.96. The molecular formula is C29H36N2O5. The summed E-state index contributed by atoms with van der Waals surface area (Å²) in [5, 5.41) is 40.8. The average molecular weight is 493 g/mol. The van der Waals surface area contributed by atoms with E-state index >= 15 is 0 Å². The average Bonchev–Trinajstić information content (AvgIpc) is 3.27. The molecule has 0 radical (unpaired) electrons. The van der Waals surface area contributed by atoms with Crippen LogP contribution >= 0.6 is 0 Å². The van der Waals surface area contributed by atoms with Gasteiger partial charge in [0, 0.05) is 17.7 Å². The van der Waals surface area contributed by atoms with Gasteiger partial charge in [-0.25, -0.2) is 4.98 Å². The van der Waals surface area contributed by atoms with E-state index in [-0.39, 0.29) is 19.3 Å². The van der Waals surface area contributed by atoms with Crippen molar-refractivity contribution in [2.45, 2.75) is 70.2 Å². The zero-order chi connectivity index (χ0) is 25.9. The lowest BCUT2D eigenvalue weighted by molar-refractivity contribution is -0.137. The zero-order valence-electron chi connectivity index (χ0n) is 20.7. The molecule has 1 heterocycles. The molecule has 0 saturated carbocycles. The number of unbranched alkanes of at least 4 members (excludes halogenated alkanes) is 2. The minimum absolute atomic E-state index is 0.0667. The molecule has 2 aromatic carbocycles. The number of hydrogen-bond acceptors (Lipinski definition) is 5. The van der Waals surface area contributed by atoms with E-state index in [2.05, 4.69) is 6.92 Å². The van der Waals surface area contributed by atoms with Crippen LogP contribution in [0.15, 0.2) is 66.7 Å². The van der Waals surface area contributed by atoms with E-state index in [1.165, 1.54) is 6.08 Å². The molecule has 0 aliphatic rings. The van der Waals surface area contributed by atoms with Gasteiger partial charge in [0.2, 0.25) is 0 Å². The first-order valence-corrected chi connectivity index (χ1v) is 12.6. The molecule has 36 heavy (non-hydrogen) atoms. The SMILES string of the molecule is CCCCCC(O)c1nc(-c2ccccc2)n(-c2ccccc2)c1/C=C/C(O)C(O)CCCC(=O)O. The van der Waals surface area contributed by atoms with Gasteiger partial charge in [0.05, 0.1) is 29.7 Å². The zero-order valence-corrected chi connectivity index (χ0v) is 20.7. The molecule has 7 heteroatoms. The Morgan fingerprint density at radius 1 is 0.944 bits per heavy atom. The van der Waals surface area contributed by atoms with Crippen molar-refractivity contribution < 1.29 is 25.2 Å². The van der Waals surface area contributed by atoms with Crippen LogP contribution in [0.1, 0.15) is 69.4 Å². The summed E-state index contributed by atoms with van der Waals surface area (Å²) < 4.78 is 1.95. The molecular weight excluding hydrogens is 456 g/mol. The second-order valence-electron chi connectivity index (χ2n) is 8.96. The summed E-state index contributed by atoms with van der Waals surface area (Å²) in [7, 11) is 0. The number of aliphatic carboxylic acids is 1. The summed E-state index contributed by atoms with van der Waals surface area (Å²) in [6, 6.07) is 19.4. The Bertz CT molecular complexity index is 1110. The topological polar surface area (TPSA) is 116 Å². The lowest BCUT2D eigenvalue weighted by Crippen LogP contribution is -2.23. The maximum Gasteiger partial charge on any atom is 0.303 e. The second kappa shape index (κ2) is 13.7. The molecule has 0 spiro atoms. The molecule has 3 aromatic rings. The smallest absolute Gasteiger partial charge is 0.303 e. The number of carbonyl (C=O) groups is 1. The number of aliphatic hydroxyl groups excluding tert-OH is 3. The number of aromatic nitrogens is 2. The van der Waals surface area contributed by atoms with E-state index in [9.17, 15) is 20.1 Å². The van der Waals surface area contributed by atoms with E-state index < -0.39 is 24.3 Å². The Balaban J connectivity index is 2.04. The van der Waals surface area contributed by atoms with Gasteiger partial charge in [-0.2, -0.15) is 0 Å². The van der Waals surface area contributed by atoms with Crippen LogP contribution in [-0.4, -0.2) is 48.2 Å². The molecule has 0 aliphatic heterocycles. The number of para-hydroxylation sites is 1. The van der Waals surface area contributed by atoms with E-state index in [1.54, 1.807) is 6.08 Å². The lowest BCUT2D eigenvalue weighted by atomic mass is 10.0. The maximum absolute atomic E-state index is 11.1. The molecule has 3 rings (SSSR count). The number of nitrogens with zero attached hydrogens (tertiary/aromatic N) is 2. The molecule has 0 saturated heterocycles. The lowest BCUT2D eigenvalue weighted by Gasteiger charge is -2.15. The fourth-order valence-corrected chi connectivity index (χ4v) is 4.15. The van der Waals surface area contributed by atoms with Crippen LogP contribution in [-0.2, 0) is 4.79 Å². The van der Waals surface area contributed by atoms with Gasteiger partial charge in [-0.1, -0.05) is 80.8 Å². The third-order valence-electron chi connectivity index (χ3n) is 6.12. The van der Waals surface area contributed by atoms with Gasteiger partial charge in [-0.05, 0) is 37.5 Å². The maximum atomic E-state index is 11.1.